The maximum atomic E-state index is 11.8. The highest BCUT2D eigenvalue weighted by molar-refractivity contribution is 5.94. The van der Waals surface area contributed by atoms with Gasteiger partial charge in [0, 0.05) is 19.0 Å². The van der Waals surface area contributed by atoms with Gasteiger partial charge in [0.15, 0.2) is 0 Å². The molecule has 2 aromatic carbocycles. The lowest BCUT2D eigenvalue weighted by Crippen LogP contribution is -2.22. The zero-order valence-corrected chi connectivity index (χ0v) is 11.1. The molecule has 0 aromatic heterocycles. The molecule has 0 bridgehead atoms. The molecule has 0 saturated heterocycles. The van der Waals surface area contributed by atoms with Crippen molar-refractivity contribution in [1.82, 2.24) is 5.32 Å². The van der Waals surface area contributed by atoms with Crippen molar-refractivity contribution in [3.8, 4) is 5.75 Å². The fraction of sp³-hybridized carbons (Fsp3) is 0.125. The summed E-state index contributed by atoms with van der Waals surface area (Å²) in [4.78, 5) is 22.6. The van der Waals surface area contributed by atoms with Gasteiger partial charge in [0.25, 0.3) is 5.91 Å². The Morgan fingerprint density at radius 3 is 2.25 bits per heavy atom. The van der Waals surface area contributed by atoms with Crippen LogP contribution < -0.4 is 10.1 Å². The van der Waals surface area contributed by atoms with Crippen LogP contribution in [0.3, 0.4) is 0 Å². The highest BCUT2D eigenvalue weighted by atomic mass is 16.5. The number of esters is 1. The van der Waals surface area contributed by atoms with E-state index in [0.717, 1.165) is 5.56 Å². The molecule has 102 valence electrons. The van der Waals surface area contributed by atoms with E-state index >= 15 is 0 Å². The third-order valence-corrected chi connectivity index (χ3v) is 2.67. The fourth-order valence-corrected chi connectivity index (χ4v) is 1.72. The quantitative estimate of drug-likeness (QED) is 0.685. The molecule has 0 unspecified atom stereocenters. The maximum Gasteiger partial charge on any atom is 0.308 e. The molecule has 0 aliphatic carbocycles. The summed E-state index contributed by atoms with van der Waals surface area (Å²) in [6, 6.07) is 16.1. The summed E-state index contributed by atoms with van der Waals surface area (Å²) in [6.07, 6.45) is 0. The van der Waals surface area contributed by atoms with E-state index in [1.807, 2.05) is 30.3 Å². The fourth-order valence-electron chi connectivity index (χ4n) is 1.72. The highest BCUT2D eigenvalue weighted by Gasteiger charge is 2.04. The van der Waals surface area contributed by atoms with Crippen LogP contribution in [0.1, 0.15) is 22.8 Å². The van der Waals surface area contributed by atoms with Gasteiger partial charge in [0.1, 0.15) is 5.75 Å². The number of rotatable bonds is 4. The topological polar surface area (TPSA) is 55.4 Å². The molecule has 0 fully saturated rings. The molecule has 1 N–H and O–H groups in total. The maximum absolute atomic E-state index is 11.8. The van der Waals surface area contributed by atoms with Gasteiger partial charge in [0.05, 0.1) is 0 Å². The van der Waals surface area contributed by atoms with Gasteiger partial charge < -0.3 is 10.1 Å². The Labute approximate surface area is 117 Å². The average molecular weight is 269 g/mol. The molecule has 0 heterocycles. The lowest BCUT2D eigenvalue weighted by Gasteiger charge is -2.06. The molecule has 0 atom stereocenters. The van der Waals surface area contributed by atoms with Gasteiger partial charge in [-0.2, -0.15) is 0 Å². The first-order valence-electron chi connectivity index (χ1n) is 6.26. The van der Waals surface area contributed by atoms with E-state index in [2.05, 4.69) is 5.32 Å². The van der Waals surface area contributed by atoms with E-state index in [0.29, 0.717) is 17.9 Å². The van der Waals surface area contributed by atoms with Crippen LogP contribution in [0, 0.1) is 0 Å². The Morgan fingerprint density at radius 2 is 1.65 bits per heavy atom. The number of carbonyl (C=O) groups excluding carboxylic acids is 2. The molecule has 0 aliphatic rings. The number of ether oxygens (including phenoxy) is 1. The van der Waals surface area contributed by atoms with Gasteiger partial charge >= 0.3 is 5.97 Å². The van der Waals surface area contributed by atoms with Crippen LogP contribution in [0.25, 0.3) is 0 Å². The Balaban J connectivity index is 1.91. The van der Waals surface area contributed by atoms with Crippen LogP contribution in [0.15, 0.2) is 54.6 Å². The number of nitrogens with one attached hydrogen (secondary N) is 1. The minimum absolute atomic E-state index is 0.116. The SMILES string of the molecule is CC(=O)Oc1ccc(CNC(=O)c2ccccc2)cc1. The third-order valence-electron chi connectivity index (χ3n) is 2.67. The molecule has 1 amide bonds. The van der Waals surface area contributed by atoms with Crippen molar-refractivity contribution < 1.29 is 14.3 Å². The van der Waals surface area contributed by atoms with Crippen LogP contribution in [0.5, 0.6) is 5.75 Å². The standard InChI is InChI=1S/C16H15NO3/c1-12(18)20-15-9-7-13(8-10-15)11-17-16(19)14-5-3-2-4-6-14/h2-10H,11H2,1H3,(H,17,19). The Kier molecular flexibility index (Phi) is 4.50. The predicted octanol–water partition coefficient (Wildman–Crippen LogP) is 2.54. The van der Waals surface area contributed by atoms with E-state index in [4.69, 9.17) is 4.74 Å². The summed E-state index contributed by atoms with van der Waals surface area (Å²) in [5, 5.41) is 2.83. The van der Waals surface area contributed by atoms with Crippen molar-refractivity contribution >= 4 is 11.9 Å². The lowest BCUT2D eigenvalue weighted by atomic mass is 10.2. The average Bonchev–Trinajstić information content (AvgIpc) is 2.46. The molecule has 20 heavy (non-hydrogen) atoms. The lowest BCUT2D eigenvalue weighted by molar-refractivity contribution is -0.131. The van der Waals surface area contributed by atoms with Crippen molar-refractivity contribution in [1.29, 1.82) is 0 Å². The summed E-state index contributed by atoms with van der Waals surface area (Å²) in [6.45, 7) is 1.78. The van der Waals surface area contributed by atoms with Gasteiger partial charge in [-0.05, 0) is 29.8 Å². The van der Waals surface area contributed by atoms with Gasteiger partial charge in [0.2, 0.25) is 0 Å². The highest BCUT2D eigenvalue weighted by Crippen LogP contribution is 2.12. The first-order valence-corrected chi connectivity index (χ1v) is 6.26. The Hall–Kier alpha value is -2.62. The second-order valence-corrected chi connectivity index (χ2v) is 4.29. The molecular formula is C16H15NO3. The normalized spacial score (nSPS) is 9.85. The molecule has 4 nitrogen and oxygen atoms in total. The molecule has 4 heteroatoms. The molecule has 2 aromatic rings. The van der Waals surface area contributed by atoms with Crippen LogP contribution in [-0.2, 0) is 11.3 Å². The van der Waals surface area contributed by atoms with E-state index in [1.54, 1.807) is 24.3 Å². The van der Waals surface area contributed by atoms with Gasteiger partial charge in [-0.25, -0.2) is 0 Å². The van der Waals surface area contributed by atoms with Crippen LogP contribution >= 0.6 is 0 Å². The minimum atomic E-state index is -0.352. The zero-order chi connectivity index (χ0) is 14.4. The van der Waals surface area contributed by atoms with Gasteiger partial charge in [-0.1, -0.05) is 30.3 Å². The van der Waals surface area contributed by atoms with E-state index in [-0.39, 0.29) is 11.9 Å². The van der Waals surface area contributed by atoms with Crippen LogP contribution in [0.4, 0.5) is 0 Å². The summed E-state index contributed by atoms with van der Waals surface area (Å²) in [5.74, 6) is 0.0282. The minimum Gasteiger partial charge on any atom is -0.427 e. The van der Waals surface area contributed by atoms with E-state index < -0.39 is 0 Å². The van der Waals surface area contributed by atoms with E-state index in [1.165, 1.54) is 6.92 Å². The number of benzene rings is 2. The predicted molar refractivity (Wildman–Crippen MR) is 75.4 cm³/mol. The van der Waals surface area contributed by atoms with Crippen molar-refractivity contribution in [2.45, 2.75) is 13.5 Å². The molecule has 0 aliphatic heterocycles. The molecular weight excluding hydrogens is 254 g/mol. The van der Waals surface area contributed by atoms with Gasteiger partial charge in [-0.15, -0.1) is 0 Å². The molecule has 0 saturated carbocycles. The third kappa shape index (κ3) is 3.95. The zero-order valence-electron chi connectivity index (χ0n) is 11.1. The van der Waals surface area contributed by atoms with Crippen molar-refractivity contribution in [2.75, 3.05) is 0 Å². The summed E-state index contributed by atoms with van der Waals surface area (Å²) >= 11 is 0. The number of hydrogen-bond donors (Lipinski definition) is 1. The monoisotopic (exact) mass is 269 g/mol. The van der Waals surface area contributed by atoms with Gasteiger partial charge in [-0.3, -0.25) is 9.59 Å². The Morgan fingerprint density at radius 1 is 1.00 bits per heavy atom. The van der Waals surface area contributed by atoms with Crippen LogP contribution in [-0.4, -0.2) is 11.9 Å². The second kappa shape index (κ2) is 6.52. The molecule has 0 spiro atoms. The van der Waals surface area contributed by atoms with Crippen molar-refractivity contribution in [3.05, 3.63) is 65.7 Å². The number of amides is 1. The van der Waals surface area contributed by atoms with Crippen molar-refractivity contribution in [3.63, 3.8) is 0 Å². The summed E-state index contributed by atoms with van der Waals surface area (Å²) < 4.78 is 4.94. The first kappa shape index (κ1) is 13.8. The summed E-state index contributed by atoms with van der Waals surface area (Å²) in [7, 11) is 0. The van der Waals surface area contributed by atoms with Crippen molar-refractivity contribution in [2.24, 2.45) is 0 Å². The second-order valence-electron chi connectivity index (χ2n) is 4.29. The largest absolute Gasteiger partial charge is 0.427 e. The Bertz CT molecular complexity index is 591. The first-order chi connectivity index (χ1) is 9.65. The smallest absolute Gasteiger partial charge is 0.308 e. The molecule has 2 rings (SSSR count). The molecule has 0 radical (unpaired) electrons. The summed E-state index contributed by atoms with van der Waals surface area (Å²) in [5.41, 5.74) is 1.56. The van der Waals surface area contributed by atoms with Crippen LogP contribution in [0.2, 0.25) is 0 Å². The van der Waals surface area contributed by atoms with E-state index in [9.17, 15) is 9.59 Å². The number of hydrogen-bond acceptors (Lipinski definition) is 3. The number of carbonyl (C=O) groups is 2.